The van der Waals surface area contributed by atoms with Crippen LogP contribution in [-0.4, -0.2) is 9.97 Å². The number of ether oxygens (including phenoxy) is 1. The van der Waals surface area contributed by atoms with Crippen LogP contribution < -0.4 is 4.74 Å². The fraction of sp³-hybridized carbons (Fsp3) is 0.167. The van der Waals surface area contributed by atoms with Gasteiger partial charge in [-0.25, -0.2) is 4.98 Å². The van der Waals surface area contributed by atoms with Gasteiger partial charge in [0.2, 0.25) is 5.88 Å². The van der Waals surface area contributed by atoms with Crippen LogP contribution in [0.2, 0.25) is 0 Å². The van der Waals surface area contributed by atoms with Gasteiger partial charge in [-0.2, -0.15) is 0 Å². The second-order valence-electron chi connectivity index (χ2n) is 3.47. The van der Waals surface area contributed by atoms with E-state index in [2.05, 4.69) is 16.0 Å². The van der Waals surface area contributed by atoms with Crippen molar-refractivity contribution in [1.29, 1.82) is 0 Å². The topological polar surface area (TPSA) is 35.0 Å². The maximum absolute atomic E-state index is 5.57. The predicted molar refractivity (Wildman–Crippen MR) is 58.0 cm³/mol. The number of hydrogen-bond donors (Lipinski definition) is 0. The molecule has 1 heterocycles. The molecule has 0 bridgehead atoms. The van der Waals surface area contributed by atoms with Crippen molar-refractivity contribution in [2.45, 2.75) is 13.8 Å². The van der Waals surface area contributed by atoms with Gasteiger partial charge in [-0.3, -0.25) is 4.98 Å². The Morgan fingerprint density at radius 1 is 1.00 bits per heavy atom. The van der Waals surface area contributed by atoms with Crippen LogP contribution >= 0.6 is 0 Å². The van der Waals surface area contributed by atoms with Crippen LogP contribution in [0.3, 0.4) is 0 Å². The second kappa shape index (κ2) is 4.09. The molecule has 15 heavy (non-hydrogen) atoms. The molecule has 2 aromatic rings. The van der Waals surface area contributed by atoms with Gasteiger partial charge in [-0.15, -0.1) is 0 Å². The van der Waals surface area contributed by atoms with Gasteiger partial charge in [0.05, 0.1) is 6.20 Å². The van der Waals surface area contributed by atoms with Gasteiger partial charge in [-0.1, -0.05) is 6.07 Å². The molecule has 0 saturated heterocycles. The lowest BCUT2D eigenvalue weighted by molar-refractivity contribution is 0.459. The molecule has 0 N–H and O–H groups in total. The maximum Gasteiger partial charge on any atom is 0.237 e. The summed E-state index contributed by atoms with van der Waals surface area (Å²) in [6.07, 6.45) is 4.82. The number of benzene rings is 1. The molecule has 0 aliphatic carbocycles. The van der Waals surface area contributed by atoms with Gasteiger partial charge < -0.3 is 4.74 Å². The Morgan fingerprint density at radius 2 is 1.73 bits per heavy atom. The molecule has 3 heteroatoms. The lowest BCUT2D eigenvalue weighted by Crippen LogP contribution is -1.89. The second-order valence-corrected chi connectivity index (χ2v) is 3.47. The van der Waals surface area contributed by atoms with Crippen molar-refractivity contribution >= 4 is 0 Å². The minimum Gasteiger partial charge on any atom is -0.437 e. The van der Waals surface area contributed by atoms with Gasteiger partial charge in [-0.05, 0) is 37.1 Å². The number of aromatic nitrogens is 2. The fourth-order valence-electron chi connectivity index (χ4n) is 1.45. The molecule has 0 spiro atoms. The average Bonchev–Trinajstić information content (AvgIpc) is 2.17. The first-order chi connectivity index (χ1) is 7.24. The Labute approximate surface area is 88.8 Å². The van der Waals surface area contributed by atoms with Crippen molar-refractivity contribution in [3.8, 4) is 11.6 Å². The summed E-state index contributed by atoms with van der Waals surface area (Å²) in [5, 5.41) is 0. The van der Waals surface area contributed by atoms with Crippen molar-refractivity contribution in [2.24, 2.45) is 0 Å². The number of hydrogen-bond acceptors (Lipinski definition) is 3. The highest BCUT2D eigenvalue weighted by Gasteiger charge is 1.99. The molecular weight excluding hydrogens is 188 g/mol. The van der Waals surface area contributed by atoms with Crippen LogP contribution in [-0.2, 0) is 0 Å². The molecule has 0 radical (unpaired) electrons. The van der Waals surface area contributed by atoms with Crippen molar-refractivity contribution in [3.63, 3.8) is 0 Å². The molecule has 0 unspecified atom stereocenters. The van der Waals surface area contributed by atoms with E-state index in [4.69, 9.17) is 4.74 Å². The van der Waals surface area contributed by atoms with E-state index in [1.165, 1.54) is 11.1 Å². The van der Waals surface area contributed by atoms with Crippen molar-refractivity contribution in [2.75, 3.05) is 0 Å². The Kier molecular flexibility index (Phi) is 2.63. The van der Waals surface area contributed by atoms with Gasteiger partial charge in [0.15, 0.2) is 0 Å². The van der Waals surface area contributed by atoms with Gasteiger partial charge >= 0.3 is 0 Å². The molecule has 1 aromatic heterocycles. The minimum absolute atomic E-state index is 0.516. The van der Waals surface area contributed by atoms with E-state index in [0.717, 1.165) is 5.75 Å². The van der Waals surface area contributed by atoms with Crippen molar-refractivity contribution in [1.82, 2.24) is 9.97 Å². The molecular formula is C12H12N2O. The molecule has 0 aliphatic heterocycles. The van der Waals surface area contributed by atoms with E-state index >= 15 is 0 Å². The summed E-state index contributed by atoms with van der Waals surface area (Å²) in [5.74, 6) is 1.32. The Hall–Kier alpha value is -1.90. The van der Waals surface area contributed by atoms with E-state index in [9.17, 15) is 0 Å². The Balaban J connectivity index is 2.25. The number of aryl methyl sites for hydroxylation is 2. The van der Waals surface area contributed by atoms with Gasteiger partial charge in [0.1, 0.15) is 5.75 Å². The van der Waals surface area contributed by atoms with E-state index < -0.39 is 0 Å². The summed E-state index contributed by atoms with van der Waals surface area (Å²) >= 11 is 0. The van der Waals surface area contributed by atoms with E-state index in [1.807, 2.05) is 26.0 Å². The zero-order valence-electron chi connectivity index (χ0n) is 8.77. The number of nitrogens with zero attached hydrogens (tertiary/aromatic N) is 2. The molecule has 0 saturated carbocycles. The van der Waals surface area contributed by atoms with Crippen molar-refractivity contribution < 1.29 is 4.74 Å². The molecule has 1 aromatic carbocycles. The highest BCUT2D eigenvalue weighted by Crippen LogP contribution is 2.21. The summed E-state index contributed by atoms with van der Waals surface area (Å²) < 4.78 is 5.57. The molecule has 76 valence electrons. The molecule has 0 amide bonds. The summed E-state index contributed by atoms with van der Waals surface area (Å²) in [5.41, 5.74) is 2.35. The van der Waals surface area contributed by atoms with E-state index in [0.29, 0.717) is 5.88 Å². The lowest BCUT2D eigenvalue weighted by atomic mass is 10.1. The quantitative estimate of drug-likeness (QED) is 0.747. The third-order valence-corrected chi connectivity index (χ3v) is 1.96. The Morgan fingerprint density at radius 3 is 2.33 bits per heavy atom. The van der Waals surface area contributed by atoms with Gasteiger partial charge in [0, 0.05) is 12.4 Å². The van der Waals surface area contributed by atoms with Crippen LogP contribution in [0.1, 0.15) is 11.1 Å². The van der Waals surface area contributed by atoms with E-state index in [-0.39, 0.29) is 0 Å². The monoisotopic (exact) mass is 200 g/mol. The standard InChI is InChI=1S/C12H12N2O/c1-9-5-10(2)7-11(6-9)15-12-8-13-3-4-14-12/h3-8H,1-2H3. The highest BCUT2D eigenvalue weighted by atomic mass is 16.5. The van der Waals surface area contributed by atoms with E-state index in [1.54, 1.807) is 18.6 Å². The minimum atomic E-state index is 0.516. The molecule has 3 nitrogen and oxygen atoms in total. The molecule has 0 aliphatic rings. The third kappa shape index (κ3) is 2.53. The first-order valence-electron chi connectivity index (χ1n) is 4.76. The maximum atomic E-state index is 5.57. The number of rotatable bonds is 2. The lowest BCUT2D eigenvalue weighted by Gasteiger charge is -2.05. The SMILES string of the molecule is Cc1cc(C)cc(Oc2cnccn2)c1. The predicted octanol–water partition coefficient (Wildman–Crippen LogP) is 2.89. The first kappa shape index (κ1) is 9.65. The van der Waals surface area contributed by atoms with Crippen LogP contribution in [0.5, 0.6) is 11.6 Å². The summed E-state index contributed by atoms with van der Waals surface area (Å²) in [6, 6.07) is 6.05. The molecule has 0 atom stereocenters. The molecule has 0 fully saturated rings. The smallest absolute Gasteiger partial charge is 0.237 e. The normalized spacial score (nSPS) is 10.0. The average molecular weight is 200 g/mol. The summed E-state index contributed by atoms with van der Waals surface area (Å²) in [4.78, 5) is 7.99. The van der Waals surface area contributed by atoms with Crippen molar-refractivity contribution in [3.05, 3.63) is 47.9 Å². The fourth-order valence-corrected chi connectivity index (χ4v) is 1.45. The van der Waals surface area contributed by atoms with Crippen LogP contribution in [0.25, 0.3) is 0 Å². The third-order valence-electron chi connectivity index (χ3n) is 1.96. The van der Waals surface area contributed by atoms with Gasteiger partial charge in [0.25, 0.3) is 0 Å². The zero-order valence-corrected chi connectivity index (χ0v) is 8.77. The van der Waals surface area contributed by atoms with Crippen LogP contribution in [0, 0.1) is 13.8 Å². The summed E-state index contributed by atoms with van der Waals surface area (Å²) in [7, 11) is 0. The van der Waals surface area contributed by atoms with Crippen LogP contribution in [0.15, 0.2) is 36.8 Å². The highest BCUT2D eigenvalue weighted by molar-refractivity contribution is 5.34. The zero-order chi connectivity index (χ0) is 10.7. The molecule has 2 rings (SSSR count). The largest absolute Gasteiger partial charge is 0.437 e. The summed E-state index contributed by atoms with van der Waals surface area (Å²) in [6.45, 7) is 4.08. The first-order valence-corrected chi connectivity index (χ1v) is 4.76. The Bertz CT molecular complexity index is 434. The van der Waals surface area contributed by atoms with Crippen LogP contribution in [0.4, 0.5) is 0 Å².